The molecule has 1 aromatic carbocycles. The number of hydrogen-bond acceptors (Lipinski definition) is 3. The molecule has 0 fully saturated rings. The van der Waals surface area contributed by atoms with Gasteiger partial charge in [-0.2, -0.15) is 0 Å². The standard InChI is InChI=1S/C14H23NO2S/c1-14(2,3)11-5-7-13(8-6-11)18(16)10-12(15)9-17-4/h5-8,12H,9-10,15H2,1-4H3. The lowest BCUT2D eigenvalue weighted by atomic mass is 9.87. The predicted molar refractivity (Wildman–Crippen MR) is 76.3 cm³/mol. The van der Waals surface area contributed by atoms with Crippen LogP contribution in [0.2, 0.25) is 0 Å². The second kappa shape index (κ2) is 6.45. The summed E-state index contributed by atoms with van der Waals surface area (Å²) in [6.07, 6.45) is 0. The predicted octanol–water partition coefficient (Wildman–Crippen LogP) is 2.07. The molecule has 4 heteroatoms. The average molecular weight is 269 g/mol. The van der Waals surface area contributed by atoms with Gasteiger partial charge in [-0.1, -0.05) is 32.9 Å². The first-order chi connectivity index (χ1) is 8.34. The fraction of sp³-hybridized carbons (Fsp3) is 0.571. The molecule has 102 valence electrons. The normalized spacial score (nSPS) is 15.4. The molecular formula is C14H23NO2S. The first-order valence-corrected chi connectivity index (χ1v) is 7.40. The van der Waals surface area contributed by atoms with Crippen LogP contribution in [0.3, 0.4) is 0 Å². The highest BCUT2D eigenvalue weighted by Gasteiger charge is 2.15. The van der Waals surface area contributed by atoms with Gasteiger partial charge in [0, 0.05) is 23.8 Å². The fourth-order valence-corrected chi connectivity index (χ4v) is 2.78. The summed E-state index contributed by atoms with van der Waals surface area (Å²) in [5, 5.41) is 0. The van der Waals surface area contributed by atoms with E-state index in [1.807, 2.05) is 24.3 Å². The summed E-state index contributed by atoms with van der Waals surface area (Å²) in [6, 6.07) is 7.74. The third-order valence-corrected chi connectivity index (χ3v) is 4.26. The molecule has 1 aromatic rings. The Kier molecular flexibility index (Phi) is 5.50. The van der Waals surface area contributed by atoms with Crippen LogP contribution in [0.5, 0.6) is 0 Å². The van der Waals surface area contributed by atoms with Gasteiger partial charge in [0.2, 0.25) is 0 Å². The quantitative estimate of drug-likeness (QED) is 0.890. The van der Waals surface area contributed by atoms with Crippen molar-refractivity contribution >= 4 is 10.8 Å². The van der Waals surface area contributed by atoms with Crippen LogP contribution in [0.25, 0.3) is 0 Å². The number of rotatable bonds is 5. The topological polar surface area (TPSA) is 52.3 Å². The van der Waals surface area contributed by atoms with E-state index in [4.69, 9.17) is 10.5 Å². The van der Waals surface area contributed by atoms with Gasteiger partial charge in [-0.05, 0) is 23.1 Å². The van der Waals surface area contributed by atoms with Crippen LogP contribution in [0.1, 0.15) is 26.3 Å². The van der Waals surface area contributed by atoms with E-state index in [2.05, 4.69) is 20.8 Å². The molecule has 0 aliphatic carbocycles. The van der Waals surface area contributed by atoms with Crippen LogP contribution < -0.4 is 5.73 Å². The van der Waals surface area contributed by atoms with Crippen LogP contribution in [0.4, 0.5) is 0 Å². The highest BCUT2D eigenvalue weighted by atomic mass is 32.2. The monoisotopic (exact) mass is 269 g/mol. The molecule has 0 saturated carbocycles. The first kappa shape index (κ1) is 15.3. The summed E-state index contributed by atoms with van der Waals surface area (Å²) >= 11 is 0. The molecule has 0 aliphatic rings. The van der Waals surface area contributed by atoms with Crippen molar-refractivity contribution in [2.24, 2.45) is 5.73 Å². The lowest BCUT2D eigenvalue weighted by Crippen LogP contribution is -2.31. The maximum absolute atomic E-state index is 12.1. The molecule has 0 heterocycles. The molecule has 2 N–H and O–H groups in total. The van der Waals surface area contributed by atoms with Crippen molar-refractivity contribution in [2.45, 2.75) is 37.1 Å². The van der Waals surface area contributed by atoms with Gasteiger partial charge in [-0.3, -0.25) is 4.21 Å². The molecule has 3 nitrogen and oxygen atoms in total. The van der Waals surface area contributed by atoms with Crippen LogP contribution in [-0.4, -0.2) is 29.7 Å². The summed E-state index contributed by atoms with van der Waals surface area (Å²) < 4.78 is 17.0. The highest BCUT2D eigenvalue weighted by molar-refractivity contribution is 7.85. The van der Waals surface area contributed by atoms with Crippen molar-refractivity contribution in [1.29, 1.82) is 0 Å². The van der Waals surface area contributed by atoms with E-state index >= 15 is 0 Å². The molecule has 0 spiro atoms. The maximum atomic E-state index is 12.1. The minimum atomic E-state index is -1.06. The van der Waals surface area contributed by atoms with Crippen molar-refractivity contribution in [3.63, 3.8) is 0 Å². The van der Waals surface area contributed by atoms with Crippen molar-refractivity contribution in [3.8, 4) is 0 Å². The van der Waals surface area contributed by atoms with Crippen molar-refractivity contribution in [3.05, 3.63) is 29.8 Å². The molecule has 2 unspecified atom stereocenters. The molecule has 2 atom stereocenters. The summed E-state index contributed by atoms with van der Waals surface area (Å²) in [7, 11) is 0.543. The molecule has 1 rings (SSSR count). The molecule has 0 saturated heterocycles. The Bertz CT molecular complexity index is 395. The zero-order valence-electron chi connectivity index (χ0n) is 11.6. The van der Waals surface area contributed by atoms with Crippen molar-refractivity contribution in [2.75, 3.05) is 19.5 Å². The molecule has 0 aromatic heterocycles. The SMILES string of the molecule is COCC(N)CS(=O)c1ccc(C(C)(C)C)cc1. The largest absolute Gasteiger partial charge is 0.383 e. The van der Waals surface area contributed by atoms with Gasteiger partial charge in [-0.25, -0.2) is 0 Å². The van der Waals surface area contributed by atoms with Crippen LogP contribution in [0.15, 0.2) is 29.2 Å². The van der Waals surface area contributed by atoms with E-state index in [-0.39, 0.29) is 11.5 Å². The van der Waals surface area contributed by atoms with Gasteiger partial charge in [0.25, 0.3) is 0 Å². The second-order valence-electron chi connectivity index (χ2n) is 5.50. The fourth-order valence-electron chi connectivity index (χ4n) is 1.66. The van der Waals surface area contributed by atoms with E-state index in [1.54, 1.807) is 7.11 Å². The first-order valence-electron chi connectivity index (χ1n) is 6.08. The Morgan fingerprint density at radius 2 is 1.83 bits per heavy atom. The van der Waals surface area contributed by atoms with Gasteiger partial charge >= 0.3 is 0 Å². The molecule has 18 heavy (non-hydrogen) atoms. The lowest BCUT2D eigenvalue weighted by molar-refractivity contribution is 0.186. The molecule has 0 radical (unpaired) electrons. The molecular weight excluding hydrogens is 246 g/mol. The Hall–Kier alpha value is -0.710. The van der Waals surface area contributed by atoms with E-state index in [0.29, 0.717) is 12.4 Å². The minimum absolute atomic E-state index is 0.118. The maximum Gasteiger partial charge on any atom is 0.0622 e. The Balaban J connectivity index is 2.71. The number of ether oxygens (including phenoxy) is 1. The van der Waals surface area contributed by atoms with Crippen LogP contribution >= 0.6 is 0 Å². The van der Waals surface area contributed by atoms with E-state index in [0.717, 1.165) is 4.90 Å². The Morgan fingerprint density at radius 3 is 2.28 bits per heavy atom. The smallest absolute Gasteiger partial charge is 0.0622 e. The van der Waals surface area contributed by atoms with E-state index < -0.39 is 10.8 Å². The van der Waals surface area contributed by atoms with Crippen molar-refractivity contribution in [1.82, 2.24) is 0 Å². The Labute approximate surface area is 112 Å². The number of nitrogens with two attached hydrogens (primary N) is 1. The minimum Gasteiger partial charge on any atom is -0.383 e. The van der Waals surface area contributed by atoms with Crippen LogP contribution in [0, 0.1) is 0 Å². The van der Waals surface area contributed by atoms with Gasteiger partial charge < -0.3 is 10.5 Å². The zero-order valence-corrected chi connectivity index (χ0v) is 12.4. The summed E-state index contributed by atoms with van der Waals surface area (Å²) in [5.41, 5.74) is 7.16. The second-order valence-corrected chi connectivity index (χ2v) is 7.00. The molecule has 0 amide bonds. The lowest BCUT2D eigenvalue weighted by Gasteiger charge is -2.19. The van der Waals surface area contributed by atoms with E-state index in [1.165, 1.54) is 5.56 Å². The number of methoxy groups -OCH3 is 1. The average Bonchev–Trinajstić information content (AvgIpc) is 2.28. The third kappa shape index (κ3) is 4.52. The van der Waals surface area contributed by atoms with Gasteiger partial charge in [0.05, 0.1) is 17.4 Å². The van der Waals surface area contributed by atoms with Gasteiger partial charge in [-0.15, -0.1) is 0 Å². The summed E-state index contributed by atoms with van der Waals surface area (Å²) in [4.78, 5) is 0.828. The summed E-state index contributed by atoms with van der Waals surface area (Å²) in [5.74, 6) is 0.433. The number of hydrogen-bond donors (Lipinski definition) is 1. The van der Waals surface area contributed by atoms with E-state index in [9.17, 15) is 4.21 Å². The van der Waals surface area contributed by atoms with Gasteiger partial charge in [0.15, 0.2) is 0 Å². The molecule has 0 aliphatic heterocycles. The third-order valence-electron chi connectivity index (χ3n) is 2.73. The Morgan fingerprint density at radius 1 is 1.28 bits per heavy atom. The highest BCUT2D eigenvalue weighted by Crippen LogP contribution is 2.23. The number of benzene rings is 1. The van der Waals surface area contributed by atoms with Crippen molar-refractivity contribution < 1.29 is 8.95 Å². The molecule has 0 bridgehead atoms. The summed E-state index contributed by atoms with van der Waals surface area (Å²) in [6.45, 7) is 6.92. The zero-order chi connectivity index (χ0) is 13.8. The van der Waals surface area contributed by atoms with Crippen LogP contribution in [-0.2, 0) is 21.0 Å². The van der Waals surface area contributed by atoms with Gasteiger partial charge in [0.1, 0.15) is 0 Å².